The largest absolute Gasteiger partial charge is 0.494 e. The van der Waals surface area contributed by atoms with Gasteiger partial charge in [-0.25, -0.2) is 5.01 Å². The summed E-state index contributed by atoms with van der Waals surface area (Å²) >= 11 is 12.4. The molecule has 6 heteroatoms. The lowest BCUT2D eigenvalue weighted by Crippen LogP contribution is -2.33. The van der Waals surface area contributed by atoms with E-state index in [2.05, 4.69) is 12.1 Å². The molecule has 0 saturated carbocycles. The van der Waals surface area contributed by atoms with Crippen molar-refractivity contribution in [2.75, 3.05) is 6.61 Å². The molecule has 2 aliphatic rings. The van der Waals surface area contributed by atoms with Crippen molar-refractivity contribution < 1.29 is 9.47 Å². The van der Waals surface area contributed by atoms with Crippen LogP contribution in [-0.4, -0.2) is 17.3 Å². The fourth-order valence-electron chi connectivity index (χ4n) is 3.99. The van der Waals surface area contributed by atoms with E-state index in [0.29, 0.717) is 16.7 Å². The highest BCUT2D eigenvalue weighted by Crippen LogP contribution is 2.48. The molecule has 2 aliphatic heterocycles. The van der Waals surface area contributed by atoms with Crippen molar-refractivity contribution in [3.8, 4) is 11.5 Å². The fraction of sp³-hybridized carbons (Fsp3) is 0.208. The fourth-order valence-corrected chi connectivity index (χ4v) is 4.30. The first kappa shape index (κ1) is 19.3. The zero-order valence-electron chi connectivity index (χ0n) is 16.4. The summed E-state index contributed by atoms with van der Waals surface area (Å²) in [5.41, 5.74) is 4.14. The Balaban J connectivity index is 1.54. The molecule has 0 spiro atoms. The Morgan fingerprint density at radius 1 is 1.00 bits per heavy atom. The summed E-state index contributed by atoms with van der Waals surface area (Å²) in [7, 11) is 0. The molecule has 0 aromatic heterocycles. The Morgan fingerprint density at radius 3 is 2.47 bits per heavy atom. The molecule has 0 fully saturated rings. The van der Waals surface area contributed by atoms with E-state index >= 15 is 0 Å². The topological polar surface area (TPSA) is 34.1 Å². The first-order chi connectivity index (χ1) is 14.6. The molecule has 2 heterocycles. The van der Waals surface area contributed by atoms with Crippen LogP contribution >= 0.6 is 23.2 Å². The zero-order chi connectivity index (χ0) is 20.7. The second-order valence-corrected chi connectivity index (χ2v) is 8.18. The number of fused-ring (bicyclic) bond motifs is 3. The highest BCUT2D eigenvalue weighted by Gasteiger charge is 2.41. The summed E-state index contributed by atoms with van der Waals surface area (Å²) in [5, 5.41) is 8.39. The number of benzene rings is 3. The smallest absolute Gasteiger partial charge is 0.213 e. The molecule has 0 radical (unpaired) electrons. The maximum Gasteiger partial charge on any atom is 0.213 e. The quantitative estimate of drug-likeness (QED) is 0.457. The minimum atomic E-state index is -0.332. The second kappa shape index (κ2) is 7.86. The van der Waals surface area contributed by atoms with Crippen molar-refractivity contribution in [3.05, 3.63) is 93.5 Å². The minimum absolute atomic E-state index is 0.0506. The van der Waals surface area contributed by atoms with Crippen LogP contribution < -0.4 is 9.47 Å². The molecule has 0 saturated heterocycles. The number of ether oxygens (including phenoxy) is 2. The molecule has 4 nitrogen and oxygen atoms in total. The summed E-state index contributed by atoms with van der Waals surface area (Å²) in [4.78, 5) is 0. The maximum absolute atomic E-state index is 6.36. The van der Waals surface area contributed by atoms with Gasteiger partial charge >= 0.3 is 0 Å². The van der Waals surface area contributed by atoms with E-state index in [-0.39, 0.29) is 12.3 Å². The molecule has 0 amide bonds. The van der Waals surface area contributed by atoms with Crippen LogP contribution in [0.1, 0.15) is 42.3 Å². The number of rotatable bonds is 4. The minimum Gasteiger partial charge on any atom is -0.494 e. The Kier molecular flexibility index (Phi) is 5.05. The Hall–Kier alpha value is -2.69. The summed E-state index contributed by atoms with van der Waals surface area (Å²) in [6.45, 7) is 2.63. The van der Waals surface area contributed by atoms with Gasteiger partial charge in [0, 0.05) is 27.6 Å². The lowest BCUT2D eigenvalue weighted by molar-refractivity contribution is -0.0190. The first-order valence-corrected chi connectivity index (χ1v) is 10.7. The van der Waals surface area contributed by atoms with Gasteiger partial charge in [-0.3, -0.25) is 0 Å². The summed E-state index contributed by atoms with van der Waals surface area (Å²) in [6, 6.07) is 21.6. The van der Waals surface area contributed by atoms with Crippen LogP contribution in [0.5, 0.6) is 11.5 Å². The van der Waals surface area contributed by atoms with Crippen molar-refractivity contribution in [2.24, 2.45) is 5.10 Å². The Labute approximate surface area is 185 Å². The highest BCUT2D eigenvalue weighted by atomic mass is 35.5. The van der Waals surface area contributed by atoms with Gasteiger partial charge < -0.3 is 9.47 Å². The molecule has 3 aromatic rings. The van der Waals surface area contributed by atoms with E-state index in [4.69, 9.17) is 37.8 Å². The standard InChI is InChI=1S/C24H20Cl2N2O2/c1-2-29-19-10-5-15(6-11-19)21-14-22-20-13-18(26)9-12-23(20)30-24(28(22)27-21)16-3-7-17(25)8-4-16/h3-13,22,24H,2,14H2,1H3/t22-,24-/m1/s1. The highest BCUT2D eigenvalue weighted by molar-refractivity contribution is 6.30. The number of halogens is 2. The van der Waals surface area contributed by atoms with Gasteiger partial charge in [-0.2, -0.15) is 5.10 Å². The molecule has 2 atom stereocenters. The number of hydrogen-bond donors (Lipinski definition) is 0. The predicted molar refractivity (Wildman–Crippen MR) is 120 cm³/mol. The normalized spacial score (nSPS) is 19.6. The molecule has 0 aliphatic carbocycles. The lowest BCUT2D eigenvalue weighted by Gasteiger charge is -2.38. The SMILES string of the molecule is CCOc1ccc(C2=NN3[C@H](C2)c2cc(Cl)ccc2O[C@@H]3c2ccc(Cl)cc2)cc1. The van der Waals surface area contributed by atoms with Gasteiger partial charge in [-0.1, -0.05) is 35.3 Å². The van der Waals surface area contributed by atoms with E-state index < -0.39 is 0 Å². The number of hydrogen-bond acceptors (Lipinski definition) is 4. The molecule has 3 aromatic carbocycles. The van der Waals surface area contributed by atoms with Crippen LogP contribution in [-0.2, 0) is 0 Å². The van der Waals surface area contributed by atoms with Crippen LogP contribution in [0.25, 0.3) is 0 Å². The summed E-state index contributed by atoms with van der Waals surface area (Å²) < 4.78 is 11.9. The second-order valence-electron chi connectivity index (χ2n) is 7.31. The maximum atomic E-state index is 6.36. The van der Waals surface area contributed by atoms with Gasteiger partial charge in [0.2, 0.25) is 6.23 Å². The molecule has 30 heavy (non-hydrogen) atoms. The average molecular weight is 439 g/mol. The van der Waals surface area contributed by atoms with E-state index in [1.807, 2.05) is 66.5 Å². The van der Waals surface area contributed by atoms with Crippen molar-refractivity contribution in [3.63, 3.8) is 0 Å². The molecule has 0 unspecified atom stereocenters. The van der Waals surface area contributed by atoms with Crippen molar-refractivity contribution in [1.82, 2.24) is 5.01 Å². The Morgan fingerprint density at radius 2 is 1.73 bits per heavy atom. The van der Waals surface area contributed by atoms with Crippen LogP contribution in [0.3, 0.4) is 0 Å². The molecular formula is C24H20Cl2N2O2. The van der Waals surface area contributed by atoms with E-state index in [0.717, 1.165) is 40.3 Å². The third-order valence-electron chi connectivity index (χ3n) is 5.41. The third kappa shape index (κ3) is 3.51. The van der Waals surface area contributed by atoms with Crippen LogP contribution in [0, 0.1) is 0 Å². The molecule has 0 bridgehead atoms. The van der Waals surface area contributed by atoms with Gasteiger partial charge in [0.05, 0.1) is 18.4 Å². The summed E-state index contributed by atoms with van der Waals surface area (Å²) in [6.07, 6.45) is 0.440. The van der Waals surface area contributed by atoms with E-state index in [9.17, 15) is 0 Å². The first-order valence-electron chi connectivity index (χ1n) is 9.93. The van der Waals surface area contributed by atoms with Gasteiger partial charge in [0.15, 0.2) is 0 Å². The van der Waals surface area contributed by atoms with Crippen LogP contribution in [0.2, 0.25) is 10.0 Å². The lowest BCUT2D eigenvalue weighted by atomic mass is 9.96. The molecular weight excluding hydrogens is 419 g/mol. The van der Waals surface area contributed by atoms with Crippen molar-refractivity contribution in [1.29, 1.82) is 0 Å². The van der Waals surface area contributed by atoms with Gasteiger partial charge in [-0.05, 0) is 67.1 Å². The zero-order valence-corrected chi connectivity index (χ0v) is 17.9. The number of hydrazone groups is 1. The molecule has 152 valence electrons. The number of nitrogens with zero attached hydrogens (tertiary/aromatic N) is 2. The Bertz CT molecular complexity index is 1100. The van der Waals surface area contributed by atoms with Gasteiger partial charge in [0.25, 0.3) is 0 Å². The van der Waals surface area contributed by atoms with Crippen LogP contribution in [0.15, 0.2) is 71.8 Å². The van der Waals surface area contributed by atoms with E-state index in [1.54, 1.807) is 0 Å². The van der Waals surface area contributed by atoms with Crippen molar-refractivity contribution in [2.45, 2.75) is 25.6 Å². The monoisotopic (exact) mass is 438 g/mol. The average Bonchev–Trinajstić information content (AvgIpc) is 3.21. The van der Waals surface area contributed by atoms with Crippen LogP contribution in [0.4, 0.5) is 0 Å². The van der Waals surface area contributed by atoms with Crippen molar-refractivity contribution >= 4 is 28.9 Å². The van der Waals surface area contributed by atoms with E-state index in [1.165, 1.54) is 0 Å². The molecule has 5 rings (SSSR count). The van der Waals surface area contributed by atoms with Gasteiger partial charge in [-0.15, -0.1) is 0 Å². The summed E-state index contributed by atoms with van der Waals surface area (Å²) in [5.74, 6) is 1.70. The predicted octanol–water partition coefficient (Wildman–Crippen LogP) is 6.63. The van der Waals surface area contributed by atoms with Gasteiger partial charge in [0.1, 0.15) is 11.5 Å². The third-order valence-corrected chi connectivity index (χ3v) is 5.89. The molecule has 0 N–H and O–H groups in total.